The second-order valence-electron chi connectivity index (χ2n) is 10.5. The van der Waals surface area contributed by atoms with Crippen molar-refractivity contribution < 1.29 is 19.4 Å². The Balaban J connectivity index is 1.64. The Kier molecular flexibility index (Phi) is 8.38. The number of aromatic nitrogens is 3. The summed E-state index contributed by atoms with van der Waals surface area (Å²) in [5.41, 5.74) is 11.4. The number of hydrogen-bond donors (Lipinski definition) is 4. The van der Waals surface area contributed by atoms with Crippen molar-refractivity contribution in [3.63, 3.8) is 0 Å². The summed E-state index contributed by atoms with van der Waals surface area (Å²) < 4.78 is 12.3. The van der Waals surface area contributed by atoms with E-state index in [1.807, 2.05) is 12.1 Å². The summed E-state index contributed by atoms with van der Waals surface area (Å²) in [5, 5.41) is 13.7. The van der Waals surface area contributed by atoms with E-state index < -0.39 is 16.9 Å². The zero-order chi connectivity index (χ0) is 28.3. The quantitative estimate of drug-likeness (QED) is 0.298. The number of pyridine rings is 1. The predicted molar refractivity (Wildman–Crippen MR) is 150 cm³/mol. The van der Waals surface area contributed by atoms with Gasteiger partial charge in [-0.3, -0.25) is 9.59 Å². The van der Waals surface area contributed by atoms with Crippen LogP contribution < -0.4 is 26.9 Å². The van der Waals surface area contributed by atoms with Crippen LogP contribution in [0.4, 0.5) is 17.5 Å². The molecule has 0 aliphatic carbocycles. The minimum Gasteiger partial charge on any atom is -0.495 e. The Morgan fingerprint density at radius 3 is 2.59 bits per heavy atom. The van der Waals surface area contributed by atoms with Gasteiger partial charge in [-0.1, -0.05) is 6.07 Å². The van der Waals surface area contributed by atoms with Gasteiger partial charge in [0.1, 0.15) is 17.1 Å². The van der Waals surface area contributed by atoms with E-state index in [9.17, 15) is 14.7 Å². The second kappa shape index (κ2) is 11.6. The number of nitrogens with one attached hydrogen (secondary N) is 1. The van der Waals surface area contributed by atoms with Crippen LogP contribution in [-0.4, -0.2) is 76.5 Å². The van der Waals surface area contributed by atoms with Crippen LogP contribution in [0.5, 0.6) is 5.75 Å². The summed E-state index contributed by atoms with van der Waals surface area (Å²) in [5.74, 6) is 0.131. The van der Waals surface area contributed by atoms with Gasteiger partial charge in [-0.05, 0) is 63.4 Å². The highest BCUT2D eigenvalue weighted by Crippen LogP contribution is 2.35. The number of methoxy groups -OCH3 is 2. The third-order valence-corrected chi connectivity index (χ3v) is 6.98. The minimum atomic E-state index is -1.22. The maximum atomic E-state index is 13.0. The van der Waals surface area contributed by atoms with Gasteiger partial charge >= 0.3 is 0 Å². The van der Waals surface area contributed by atoms with Gasteiger partial charge in [0.05, 0.1) is 36.9 Å². The molecule has 0 atom stereocenters. The molecule has 1 amide bonds. The third kappa shape index (κ3) is 6.29. The molecule has 1 aliphatic heterocycles. The molecule has 3 heterocycles. The normalized spacial score (nSPS) is 15.0. The van der Waals surface area contributed by atoms with E-state index in [4.69, 9.17) is 20.9 Å². The average Bonchev–Trinajstić information content (AvgIpc) is 2.89. The lowest BCUT2D eigenvalue weighted by Crippen LogP contribution is -2.35. The SMILES string of the molecule is COCCN1CCC(c2ccc(Nc3ncc4c(=O)c(C(N)=O)c(N)n(CC(C)(C)O)c4n3)c(OC)c2)CC1. The molecule has 39 heavy (non-hydrogen) atoms. The largest absolute Gasteiger partial charge is 0.495 e. The molecule has 6 N–H and O–H groups in total. The summed E-state index contributed by atoms with van der Waals surface area (Å²) >= 11 is 0. The molecule has 3 aromatic rings. The van der Waals surface area contributed by atoms with Crippen molar-refractivity contribution in [2.45, 2.75) is 44.8 Å². The molecule has 2 aromatic heterocycles. The summed E-state index contributed by atoms with van der Waals surface area (Å²) in [6.07, 6.45) is 3.43. The molecule has 4 rings (SSSR count). The van der Waals surface area contributed by atoms with Crippen molar-refractivity contribution in [1.29, 1.82) is 0 Å². The highest BCUT2D eigenvalue weighted by Gasteiger charge is 2.25. The van der Waals surface area contributed by atoms with Gasteiger partial charge in [-0.15, -0.1) is 0 Å². The predicted octanol–water partition coefficient (Wildman–Crippen LogP) is 1.82. The molecular formula is C27H37N7O5. The standard InChI is InChI=1S/C27H37N7O5/c1-27(2,37)15-34-23(28)21(24(29)36)22(35)18-14-30-26(32-25(18)34)31-19-6-5-17(13-20(19)39-4)16-7-9-33(10-8-16)11-12-38-3/h5-6,13-14,16,37H,7-12,15,28H2,1-4H3,(H2,29,36)(H,30,31,32). The number of anilines is 3. The fourth-order valence-electron chi connectivity index (χ4n) is 4.98. The molecule has 0 bridgehead atoms. The number of amides is 1. The highest BCUT2D eigenvalue weighted by molar-refractivity contribution is 6.00. The summed E-state index contributed by atoms with van der Waals surface area (Å²) in [6, 6.07) is 6.02. The maximum absolute atomic E-state index is 13.0. The van der Waals surface area contributed by atoms with Crippen LogP contribution in [0.1, 0.15) is 48.5 Å². The van der Waals surface area contributed by atoms with E-state index in [-0.39, 0.29) is 34.9 Å². The molecule has 0 spiro atoms. The number of benzene rings is 1. The van der Waals surface area contributed by atoms with E-state index in [1.54, 1.807) is 28.1 Å². The zero-order valence-electron chi connectivity index (χ0n) is 22.9. The van der Waals surface area contributed by atoms with Gasteiger partial charge in [0.15, 0.2) is 5.65 Å². The number of fused-ring (bicyclic) bond motifs is 1. The van der Waals surface area contributed by atoms with Crippen LogP contribution in [0.2, 0.25) is 0 Å². The molecule has 0 unspecified atom stereocenters. The van der Waals surface area contributed by atoms with E-state index in [0.29, 0.717) is 17.4 Å². The lowest BCUT2D eigenvalue weighted by atomic mass is 9.89. The monoisotopic (exact) mass is 539 g/mol. The average molecular weight is 540 g/mol. The number of primary amides is 1. The Labute approximate surface area is 226 Å². The van der Waals surface area contributed by atoms with Gasteiger partial charge in [0, 0.05) is 19.9 Å². The molecule has 1 aliphatic rings. The maximum Gasteiger partial charge on any atom is 0.256 e. The van der Waals surface area contributed by atoms with Crippen LogP contribution in [0.3, 0.4) is 0 Å². The first-order valence-electron chi connectivity index (χ1n) is 12.9. The fraction of sp³-hybridized carbons (Fsp3) is 0.481. The van der Waals surface area contributed by atoms with Gasteiger partial charge < -0.3 is 40.8 Å². The number of piperidine rings is 1. The molecule has 1 fully saturated rings. The molecule has 12 nitrogen and oxygen atoms in total. The van der Waals surface area contributed by atoms with Crippen molar-refractivity contribution in [3.8, 4) is 5.75 Å². The number of hydrogen-bond acceptors (Lipinski definition) is 10. The van der Waals surface area contributed by atoms with Gasteiger partial charge in [0.25, 0.3) is 5.91 Å². The molecule has 210 valence electrons. The van der Waals surface area contributed by atoms with Crippen molar-refractivity contribution >= 4 is 34.4 Å². The number of likely N-dealkylation sites (tertiary alicyclic amines) is 1. The van der Waals surface area contributed by atoms with E-state index in [0.717, 1.165) is 39.1 Å². The van der Waals surface area contributed by atoms with Crippen molar-refractivity contribution in [1.82, 2.24) is 19.4 Å². The lowest BCUT2D eigenvalue weighted by Gasteiger charge is -2.32. The molecule has 1 saturated heterocycles. The van der Waals surface area contributed by atoms with E-state index in [2.05, 4.69) is 26.3 Å². The van der Waals surface area contributed by atoms with Crippen LogP contribution in [-0.2, 0) is 11.3 Å². The molecule has 1 aromatic carbocycles. The van der Waals surface area contributed by atoms with Crippen molar-refractivity contribution in [2.75, 3.05) is 51.5 Å². The molecule has 12 heteroatoms. The number of nitrogens with two attached hydrogens (primary N) is 2. The summed E-state index contributed by atoms with van der Waals surface area (Å²) in [7, 11) is 3.33. The van der Waals surface area contributed by atoms with Crippen LogP contribution >= 0.6 is 0 Å². The van der Waals surface area contributed by atoms with Crippen LogP contribution in [0, 0.1) is 0 Å². The first kappa shape index (κ1) is 28.3. The highest BCUT2D eigenvalue weighted by atomic mass is 16.5. The van der Waals surface area contributed by atoms with Gasteiger partial charge in [-0.25, -0.2) is 4.98 Å². The smallest absolute Gasteiger partial charge is 0.256 e. The van der Waals surface area contributed by atoms with Crippen molar-refractivity contribution in [3.05, 3.63) is 45.7 Å². The Morgan fingerprint density at radius 1 is 1.26 bits per heavy atom. The number of nitrogen functional groups attached to an aromatic ring is 1. The number of carbonyl (C=O) groups excluding carboxylic acids is 1. The number of nitrogens with zero attached hydrogens (tertiary/aromatic N) is 4. The summed E-state index contributed by atoms with van der Waals surface area (Å²) in [4.78, 5) is 36.2. The van der Waals surface area contributed by atoms with Crippen molar-refractivity contribution in [2.24, 2.45) is 5.73 Å². The minimum absolute atomic E-state index is 0.0331. The zero-order valence-corrected chi connectivity index (χ0v) is 22.9. The van der Waals surface area contributed by atoms with Crippen LogP contribution in [0.25, 0.3) is 11.0 Å². The third-order valence-electron chi connectivity index (χ3n) is 6.98. The summed E-state index contributed by atoms with van der Waals surface area (Å²) in [6.45, 7) is 6.85. The number of carbonyl (C=O) groups is 1. The fourth-order valence-corrected chi connectivity index (χ4v) is 4.98. The van der Waals surface area contributed by atoms with E-state index >= 15 is 0 Å². The topological polar surface area (TPSA) is 171 Å². The molecule has 0 radical (unpaired) electrons. The number of aliphatic hydroxyl groups is 1. The molecular weight excluding hydrogens is 502 g/mol. The first-order valence-corrected chi connectivity index (χ1v) is 12.9. The second-order valence-corrected chi connectivity index (χ2v) is 10.5. The Morgan fingerprint density at radius 2 is 1.97 bits per heavy atom. The number of ether oxygens (including phenoxy) is 2. The first-order chi connectivity index (χ1) is 18.5. The van der Waals surface area contributed by atoms with Gasteiger partial charge in [0.2, 0.25) is 11.4 Å². The van der Waals surface area contributed by atoms with E-state index in [1.165, 1.54) is 16.3 Å². The van der Waals surface area contributed by atoms with Crippen LogP contribution in [0.15, 0.2) is 29.2 Å². The van der Waals surface area contributed by atoms with Gasteiger partial charge in [-0.2, -0.15) is 4.98 Å². The molecule has 0 saturated carbocycles. The lowest BCUT2D eigenvalue weighted by molar-refractivity contribution is 0.0629. The Bertz CT molecular complexity index is 1410. The number of rotatable bonds is 10. The Hall–Kier alpha value is -3.74.